The van der Waals surface area contributed by atoms with Gasteiger partial charge in [0.1, 0.15) is 11.4 Å². The molecule has 1 fully saturated rings. The van der Waals surface area contributed by atoms with E-state index in [0.717, 1.165) is 6.42 Å². The number of aryl methyl sites for hydroxylation is 2. The number of amides is 2. The Labute approximate surface area is 144 Å². The smallest absolute Gasteiger partial charge is 0.314 e. The molecule has 0 saturated carbocycles. The molecule has 0 radical (unpaired) electrons. The Morgan fingerprint density at radius 3 is 2.96 bits per heavy atom. The van der Waals surface area contributed by atoms with Crippen molar-refractivity contribution in [3.8, 4) is 0 Å². The molecule has 0 bridgehead atoms. The first-order chi connectivity index (χ1) is 11.5. The van der Waals surface area contributed by atoms with Crippen molar-refractivity contribution in [2.45, 2.75) is 45.6 Å². The minimum Gasteiger partial charge on any atom is -0.359 e. The summed E-state index contributed by atoms with van der Waals surface area (Å²) in [6.07, 6.45) is 1.48. The number of carbonyl (C=O) groups excluding carboxylic acids is 2. The van der Waals surface area contributed by atoms with Crippen LogP contribution in [-0.2, 0) is 16.0 Å². The zero-order valence-electron chi connectivity index (χ0n) is 14.0. The van der Waals surface area contributed by atoms with Crippen molar-refractivity contribution in [1.82, 2.24) is 10.1 Å². The fourth-order valence-corrected chi connectivity index (χ4v) is 3.92. The van der Waals surface area contributed by atoms with Crippen molar-refractivity contribution in [1.29, 1.82) is 0 Å². The van der Waals surface area contributed by atoms with Crippen LogP contribution in [0.1, 0.15) is 43.2 Å². The standard InChI is InChI=1S/C17H21N3O3S/c1-4-14-15(11(3)19-23-14)18-16(21)17(22)20-8-13(7-10(20)2)12-5-6-24-9-12/h5-6,9-10,13H,4,7-8H2,1-3H3,(H,18,21)/t10-,13-/m1/s1. The lowest BCUT2D eigenvalue weighted by Gasteiger charge is -2.20. The summed E-state index contributed by atoms with van der Waals surface area (Å²) >= 11 is 1.65. The van der Waals surface area contributed by atoms with Gasteiger partial charge in [0, 0.05) is 24.9 Å². The second-order valence-electron chi connectivity index (χ2n) is 6.17. The van der Waals surface area contributed by atoms with Crippen molar-refractivity contribution in [2.24, 2.45) is 0 Å². The summed E-state index contributed by atoms with van der Waals surface area (Å²) in [6.45, 7) is 6.21. The Morgan fingerprint density at radius 2 is 2.29 bits per heavy atom. The van der Waals surface area contributed by atoms with Gasteiger partial charge in [-0.05, 0) is 42.7 Å². The number of rotatable bonds is 3. The maximum atomic E-state index is 12.6. The second kappa shape index (κ2) is 6.76. The van der Waals surface area contributed by atoms with Crippen molar-refractivity contribution in [3.63, 3.8) is 0 Å². The number of nitrogens with zero attached hydrogens (tertiary/aromatic N) is 2. The molecular formula is C17H21N3O3S. The highest BCUT2D eigenvalue weighted by atomic mass is 32.1. The average molecular weight is 347 g/mol. The predicted molar refractivity (Wildman–Crippen MR) is 92.1 cm³/mol. The lowest BCUT2D eigenvalue weighted by atomic mass is 10.00. The number of anilines is 1. The van der Waals surface area contributed by atoms with Gasteiger partial charge in [-0.25, -0.2) is 0 Å². The number of aromatic nitrogens is 1. The number of hydrogen-bond donors (Lipinski definition) is 1. The van der Waals surface area contributed by atoms with E-state index < -0.39 is 11.8 Å². The summed E-state index contributed by atoms with van der Waals surface area (Å²) in [7, 11) is 0. The van der Waals surface area contributed by atoms with Crippen LogP contribution in [0.4, 0.5) is 5.69 Å². The fourth-order valence-electron chi connectivity index (χ4n) is 3.18. The normalized spacial score (nSPS) is 20.4. The van der Waals surface area contributed by atoms with E-state index >= 15 is 0 Å². The number of nitrogens with one attached hydrogen (secondary N) is 1. The Morgan fingerprint density at radius 1 is 1.50 bits per heavy atom. The van der Waals surface area contributed by atoms with Gasteiger partial charge < -0.3 is 14.7 Å². The molecule has 2 aromatic rings. The molecule has 2 atom stereocenters. The molecule has 0 aromatic carbocycles. The van der Waals surface area contributed by atoms with Gasteiger partial charge in [-0.15, -0.1) is 0 Å². The quantitative estimate of drug-likeness (QED) is 0.866. The number of carbonyl (C=O) groups is 2. The molecule has 3 rings (SSSR count). The highest BCUT2D eigenvalue weighted by molar-refractivity contribution is 7.08. The SMILES string of the molecule is CCc1onc(C)c1NC(=O)C(=O)N1C[C@H](c2ccsc2)C[C@H]1C. The maximum absolute atomic E-state index is 12.6. The van der Waals surface area contributed by atoms with E-state index in [2.05, 4.69) is 21.9 Å². The van der Waals surface area contributed by atoms with Crippen LogP contribution < -0.4 is 5.32 Å². The van der Waals surface area contributed by atoms with Gasteiger partial charge in [0.2, 0.25) is 0 Å². The summed E-state index contributed by atoms with van der Waals surface area (Å²) in [5.41, 5.74) is 2.33. The summed E-state index contributed by atoms with van der Waals surface area (Å²) < 4.78 is 5.15. The van der Waals surface area contributed by atoms with E-state index in [1.807, 2.05) is 19.2 Å². The lowest BCUT2D eigenvalue weighted by molar-refractivity contribution is -0.143. The van der Waals surface area contributed by atoms with Gasteiger partial charge in [-0.3, -0.25) is 9.59 Å². The highest BCUT2D eigenvalue weighted by Gasteiger charge is 2.36. The van der Waals surface area contributed by atoms with Crippen LogP contribution in [0.5, 0.6) is 0 Å². The highest BCUT2D eigenvalue weighted by Crippen LogP contribution is 2.33. The number of thiophene rings is 1. The molecule has 7 heteroatoms. The Hall–Kier alpha value is -2.15. The Bertz CT molecular complexity index is 738. The molecule has 1 saturated heterocycles. The largest absolute Gasteiger partial charge is 0.359 e. The molecule has 0 unspecified atom stereocenters. The maximum Gasteiger partial charge on any atom is 0.314 e. The third-order valence-electron chi connectivity index (χ3n) is 4.54. The first kappa shape index (κ1) is 16.7. The number of likely N-dealkylation sites (tertiary alicyclic amines) is 1. The van der Waals surface area contributed by atoms with Crippen LogP contribution in [0, 0.1) is 6.92 Å². The Kier molecular flexibility index (Phi) is 4.71. The van der Waals surface area contributed by atoms with E-state index in [1.165, 1.54) is 5.56 Å². The molecule has 1 aliphatic heterocycles. The molecule has 0 aliphatic carbocycles. The molecule has 2 aromatic heterocycles. The predicted octanol–water partition coefficient (Wildman–Crippen LogP) is 2.95. The van der Waals surface area contributed by atoms with E-state index in [0.29, 0.717) is 36.0 Å². The molecule has 3 heterocycles. The summed E-state index contributed by atoms with van der Waals surface area (Å²) in [5, 5.41) is 10.7. The van der Waals surface area contributed by atoms with Crippen LogP contribution in [0.3, 0.4) is 0 Å². The van der Waals surface area contributed by atoms with Crippen LogP contribution in [0.2, 0.25) is 0 Å². The summed E-state index contributed by atoms with van der Waals surface area (Å²) in [6, 6.07) is 2.13. The molecular weight excluding hydrogens is 326 g/mol. The topological polar surface area (TPSA) is 75.4 Å². The third kappa shape index (κ3) is 3.08. The molecule has 1 N–H and O–H groups in total. The van der Waals surface area contributed by atoms with Crippen LogP contribution >= 0.6 is 11.3 Å². The van der Waals surface area contributed by atoms with Gasteiger partial charge in [-0.2, -0.15) is 11.3 Å². The molecule has 2 amide bonds. The van der Waals surface area contributed by atoms with Crippen molar-refractivity contribution >= 4 is 28.8 Å². The minimum absolute atomic E-state index is 0.0439. The van der Waals surface area contributed by atoms with Crippen LogP contribution in [-0.4, -0.2) is 34.5 Å². The molecule has 0 spiro atoms. The van der Waals surface area contributed by atoms with E-state index in [4.69, 9.17) is 4.52 Å². The zero-order valence-corrected chi connectivity index (χ0v) is 14.9. The van der Waals surface area contributed by atoms with Gasteiger partial charge in [-0.1, -0.05) is 12.1 Å². The van der Waals surface area contributed by atoms with E-state index in [-0.39, 0.29) is 6.04 Å². The van der Waals surface area contributed by atoms with Gasteiger partial charge in [0.25, 0.3) is 0 Å². The summed E-state index contributed by atoms with van der Waals surface area (Å²) in [4.78, 5) is 26.6. The monoisotopic (exact) mass is 347 g/mol. The Balaban J connectivity index is 1.69. The van der Waals surface area contributed by atoms with Gasteiger partial charge in [0.05, 0.1) is 0 Å². The van der Waals surface area contributed by atoms with Crippen LogP contribution in [0.15, 0.2) is 21.3 Å². The molecule has 128 valence electrons. The molecule has 6 nitrogen and oxygen atoms in total. The van der Waals surface area contributed by atoms with Crippen molar-refractivity contribution < 1.29 is 14.1 Å². The lowest BCUT2D eigenvalue weighted by Crippen LogP contribution is -2.41. The number of hydrogen-bond acceptors (Lipinski definition) is 5. The first-order valence-corrected chi connectivity index (χ1v) is 9.04. The molecule has 24 heavy (non-hydrogen) atoms. The minimum atomic E-state index is -0.631. The average Bonchev–Trinajstić information content (AvgIpc) is 3.28. The summed E-state index contributed by atoms with van der Waals surface area (Å²) in [5.74, 6) is -0.248. The second-order valence-corrected chi connectivity index (χ2v) is 6.95. The fraction of sp³-hybridized carbons (Fsp3) is 0.471. The van der Waals surface area contributed by atoms with E-state index in [1.54, 1.807) is 23.2 Å². The third-order valence-corrected chi connectivity index (χ3v) is 5.24. The van der Waals surface area contributed by atoms with Crippen LogP contribution in [0.25, 0.3) is 0 Å². The van der Waals surface area contributed by atoms with Crippen molar-refractivity contribution in [2.75, 3.05) is 11.9 Å². The van der Waals surface area contributed by atoms with E-state index in [9.17, 15) is 9.59 Å². The molecule has 1 aliphatic rings. The first-order valence-electron chi connectivity index (χ1n) is 8.10. The zero-order chi connectivity index (χ0) is 17.3. The van der Waals surface area contributed by atoms with Crippen molar-refractivity contribution in [3.05, 3.63) is 33.8 Å². The van der Waals surface area contributed by atoms with Gasteiger partial charge in [0.15, 0.2) is 5.76 Å². The van der Waals surface area contributed by atoms with Gasteiger partial charge >= 0.3 is 11.8 Å².